The van der Waals surface area contributed by atoms with Crippen LogP contribution in [0.15, 0.2) is 0 Å². The first-order valence-electron chi connectivity index (χ1n) is 6.86. The van der Waals surface area contributed by atoms with Gasteiger partial charge in [-0.1, -0.05) is 6.92 Å². The van der Waals surface area contributed by atoms with Gasteiger partial charge in [0.05, 0.1) is 5.37 Å². The minimum absolute atomic E-state index is 0.0557. The molecule has 5 nitrogen and oxygen atoms in total. The van der Waals surface area contributed by atoms with E-state index >= 15 is 0 Å². The van der Waals surface area contributed by atoms with Gasteiger partial charge in [0.15, 0.2) is 0 Å². The van der Waals surface area contributed by atoms with Crippen LogP contribution in [0.3, 0.4) is 0 Å². The van der Waals surface area contributed by atoms with E-state index in [0.29, 0.717) is 11.7 Å². The number of hydrogen-bond acceptors (Lipinski definition) is 3. The Morgan fingerprint density at radius 2 is 2.11 bits per heavy atom. The lowest BCUT2D eigenvalue weighted by Crippen LogP contribution is -2.53. The number of rotatable bonds is 4. The molecule has 6 heteroatoms. The first kappa shape index (κ1) is 14.5. The fourth-order valence-corrected chi connectivity index (χ4v) is 3.97. The number of urea groups is 1. The first-order valence-corrected chi connectivity index (χ1v) is 7.91. The molecule has 1 aliphatic heterocycles. The zero-order valence-corrected chi connectivity index (χ0v) is 12.5. The molecule has 2 amide bonds. The molecule has 1 saturated carbocycles. The summed E-state index contributed by atoms with van der Waals surface area (Å²) < 4.78 is 0. The summed E-state index contributed by atoms with van der Waals surface area (Å²) in [7, 11) is 1.77. The van der Waals surface area contributed by atoms with Crippen LogP contribution in [-0.4, -0.2) is 57.2 Å². The Kier molecular flexibility index (Phi) is 4.28. The van der Waals surface area contributed by atoms with Crippen molar-refractivity contribution in [2.75, 3.05) is 12.8 Å². The van der Waals surface area contributed by atoms with E-state index < -0.39 is 12.0 Å². The molecule has 0 radical (unpaired) electrons. The zero-order chi connectivity index (χ0) is 14.2. The molecule has 1 saturated heterocycles. The van der Waals surface area contributed by atoms with E-state index in [1.807, 2.05) is 13.8 Å². The van der Waals surface area contributed by atoms with E-state index in [0.717, 1.165) is 19.3 Å². The van der Waals surface area contributed by atoms with Crippen LogP contribution in [0.4, 0.5) is 4.79 Å². The van der Waals surface area contributed by atoms with Crippen molar-refractivity contribution < 1.29 is 14.7 Å². The summed E-state index contributed by atoms with van der Waals surface area (Å²) in [5, 5.41) is 9.36. The van der Waals surface area contributed by atoms with Crippen LogP contribution in [0, 0.1) is 5.92 Å². The summed E-state index contributed by atoms with van der Waals surface area (Å²) in [5.74, 6) is 0.113. The molecule has 3 unspecified atom stereocenters. The molecule has 3 atom stereocenters. The van der Waals surface area contributed by atoms with Gasteiger partial charge in [0.25, 0.3) is 0 Å². The van der Waals surface area contributed by atoms with Crippen molar-refractivity contribution in [1.29, 1.82) is 0 Å². The molecule has 1 aliphatic carbocycles. The minimum atomic E-state index is -0.887. The van der Waals surface area contributed by atoms with Gasteiger partial charge in [-0.3, -0.25) is 4.90 Å². The number of amides is 2. The van der Waals surface area contributed by atoms with Gasteiger partial charge < -0.3 is 10.0 Å². The van der Waals surface area contributed by atoms with Gasteiger partial charge in [0.1, 0.15) is 6.04 Å². The number of carboxylic acids is 1. The second-order valence-corrected chi connectivity index (χ2v) is 6.62. The summed E-state index contributed by atoms with van der Waals surface area (Å²) >= 11 is 1.62. The van der Waals surface area contributed by atoms with Crippen molar-refractivity contribution in [1.82, 2.24) is 9.80 Å². The van der Waals surface area contributed by atoms with E-state index in [1.165, 1.54) is 0 Å². The number of carbonyl (C=O) groups is 2. The highest BCUT2D eigenvalue weighted by Crippen LogP contribution is 2.45. The van der Waals surface area contributed by atoms with E-state index in [9.17, 15) is 14.7 Å². The summed E-state index contributed by atoms with van der Waals surface area (Å²) in [4.78, 5) is 27.2. The first-order chi connectivity index (χ1) is 8.97. The quantitative estimate of drug-likeness (QED) is 0.859. The van der Waals surface area contributed by atoms with Crippen molar-refractivity contribution in [3.63, 3.8) is 0 Å². The fourth-order valence-electron chi connectivity index (χ4n) is 2.35. The molecule has 108 valence electrons. The maximum atomic E-state index is 12.6. The second-order valence-electron chi connectivity index (χ2n) is 5.47. The van der Waals surface area contributed by atoms with Gasteiger partial charge in [-0.2, -0.15) is 0 Å². The number of nitrogens with zero attached hydrogens (tertiary/aromatic N) is 2. The van der Waals surface area contributed by atoms with E-state index in [4.69, 9.17) is 0 Å². The Balaban J connectivity index is 2.15. The van der Waals surface area contributed by atoms with Crippen molar-refractivity contribution in [2.24, 2.45) is 5.92 Å². The van der Waals surface area contributed by atoms with Gasteiger partial charge in [-0.25, -0.2) is 9.59 Å². The van der Waals surface area contributed by atoms with Crippen LogP contribution in [0.25, 0.3) is 0 Å². The largest absolute Gasteiger partial charge is 0.480 e. The number of carbonyl (C=O) groups excluding carboxylic acids is 1. The highest BCUT2D eigenvalue weighted by atomic mass is 32.2. The van der Waals surface area contributed by atoms with Gasteiger partial charge in [0, 0.05) is 18.8 Å². The van der Waals surface area contributed by atoms with Crippen molar-refractivity contribution in [3.05, 3.63) is 0 Å². The third-order valence-electron chi connectivity index (χ3n) is 4.12. The number of carboxylic acid groups (broad SMARTS) is 1. The Morgan fingerprint density at radius 1 is 1.47 bits per heavy atom. The maximum absolute atomic E-state index is 12.6. The number of thioether (sulfide) groups is 1. The van der Waals surface area contributed by atoms with Crippen LogP contribution < -0.4 is 0 Å². The monoisotopic (exact) mass is 286 g/mol. The highest BCUT2D eigenvalue weighted by molar-refractivity contribution is 8.00. The molecule has 0 spiro atoms. The topological polar surface area (TPSA) is 60.9 Å². The molecule has 2 fully saturated rings. The zero-order valence-electron chi connectivity index (χ0n) is 11.7. The molecule has 2 aliphatic rings. The molecule has 0 aromatic carbocycles. The molecular weight excluding hydrogens is 264 g/mol. The normalized spacial score (nSPS) is 28.3. The van der Waals surface area contributed by atoms with E-state index in [1.54, 1.807) is 28.6 Å². The average molecular weight is 286 g/mol. The van der Waals surface area contributed by atoms with Gasteiger partial charge in [-0.05, 0) is 32.1 Å². The van der Waals surface area contributed by atoms with Gasteiger partial charge in [-0.15, -0.1) is 11.8 Å². The molecule has 0 aromatic heterocycles. The smallest absolute Gasteiger partial charge is 0.327 e. The van der Waals surface area contributed by atoms with Gasteiger partial charge >= 0.3 is 12.0 Å². The predicted octanol–water partition coefficient (Wildman–Crippen LogP) is 2.07. The van der Waals surface area contributed by atoms with Crippen LogP contribution in [-0.2, 0) is 4.79 Å². The summed E-state index contributed by atoms with van der Waals surface area (Å²) in [6, 6.07) is -0.675. The Bertz CT molecular complexity index is 373. The van der Waals surface area contributed by atoms with Crippen LogP contribution >= 0.6 is 11.8 Å². The lowest BCUT2D eigenvalue weighted by molar-refractivity contribution is -0.141. The lowest BCUT2D eigenvalue weighted by atomic mass is 10.2. The molecule has 0 bridgehead atoms. The molecule has 19 heavy (non-hydrogen) atoms. The summed E-state index contributed by atoms with van der Waals surface area (Å²) in [5.41, 5.74) is 0. The van der Waals surface area contributed by atoms with Crippen LogP contribution in [0.1, 0.15) is 33.1 Å². The molecule has 0 aromatic rings. The van der Waals surface area contributed by atoms with Crippen LogP contribution in [0.2, 0.25) is 0 Å². The summed E-state index contributed by atoms with van der Waals surface area (Å²) in [6.07, 6.45) is 3.09. The van der Waals surface area contributed by atoms with E-state index in [2.05, 4.69) is 0 Å². The fraction of sp³-hybridized carbons (Fsp3) is 0.846. The lowest BCUT2D eigenvalue weighted by Gasteiger charge is -2.34. The van der Waals surface area contributed by atoms with E-state index in [-0.39, 0.29) is 17.4 Å². The maximum Gasteiger partial charge on any atom is 0.327 e. The van der Waals surface area contributed by atoms with Crippen molar-refractivity contribution in [3.8, 4) is 0 Å². The Hall–Kier alpha value is -0.910. The molecule has 2 rings (SSSR count). The van der Waals surface area contributed by atoms with Crippen molar-refractivity contribution >= 4 is 23.8 Å². The van der Waals surface area contributed by atoms with Crippen molar-refractivity contribution in [2.45, 2.75) is 50.6 Å². The number of aliphatic carboxylic acids is 1. The molecule has 1 heterocycles. The SMILES string of the molecule is CCC(C)N(C)C(=O)N1C(C(=O)O)CSC1C1CC1. The standard InChI is InChI=1S/C13H22N2O3S/c1-4-8(2)14(3)13(18)15-10(12(16)17)7-19-11(15)9-5-6-9/h8-11H,4-7H2,1-3H3,(H,16,17). The summed E-state index contributed by atoms with van der Waals surface area (Å²) in [6.45, 7) is 4.02. The third-order valence-corrected chi connectivity index (χ3v) is 5.58. The minimum Gasteiger partial charge on any atom is -0.480 e. The van der Waals surface area contributed by atoms with Gasteiger partial charge in [0.2, 0.25) is 0 Å². The average Bonchev–Trinajstić information content (AvgIpc) is 3.14. The third kappa shape index (κ3) is 2.83. The second kappa shape index (κ2) is 5.61. The Morgan fingerprint density at radius 3 is 2.58 bits per heavy atom. The molecular formula is C13H22N2O3S. The highest BCUT2D eigenvalue weighted by Gasteiger charge is 2.49. The van der Waals surface area contributed by atoms with Crippen LogP contribution in [0.5, 0.6) is 0 Å². The molecule has 1 N–H and O–H groups in total. The Labute approximate surface area is 118 Å². The predicted molar refractivity (Wildman–Crippen MR) is 75.1 cm³/mol. The number of hydrogen-bond donors (Lipinski definition) is 1.